The van der Waals surface area contributed by atoms with E-state index in [9.17, 15) is 15.0 Å². The lowest BCUT2D eigenvalue weighted by molar-refractivity contribution is -0.252. The molecule has 0 amide bonds. The molecule has 5 aliphatic carbocycles. The number of ether oxygens (including phenoxy) is 5. The van der Waals surface area contributed by atoms with Gasteiger partial charge in [-0.15, -0.1) is 0 Å². The van der Waals surface area contributed by atoms with Crippen molar-refractivity contribution < 1.29 is 38.7 Å². The topological polar surface area (TPSA) is 110 Å². The Kier molecular flexibility index (Phi) is 10.7. The van der Waals surface area contributed by atoms with Crippen LogP contribution in [0, 0.1) is 50.7 Å². The minimum Gasteiger partial charge on any atom is -0.457 e. The number of esters is 1. The Hall–Kier alpha value is -0.850. The summed E-state index contributed by atoms with van der Waals surface area (Å²) in [5.74, 6) is 1.26. The second-order valence-corrected chi connectivity index (χ2v) is 21.6. The molecule has 314 valence electrons. The number of nitrogens with zero attached hydrogens (tertiary/aromatic N) is 2. The third kappa shape index (κ3) is 6.42. The maximum Gasteiger partial charge on any atom is 0.303 e. The first-order valence-electron chi connectivity index (χ1n) is 22.3. The van der Waals surface area contributed by atoms with E-state index in [0.717, 1.165) is 52.2 Å². The normalized spacial score (nSPS) is 45.3. The van der Waals surface area contributed by atoms with Crippen LogP contribution in [-0.2, 0) is 28.5 Å². The fraction of sp³-hybridized carbons (Fsp3) is 0.978. The van der Waals surface area contributed by atoms with Gasteiger partial charge in [0.25, 0.3) is 0 Å². The summed E-state index contributed by atoms with van der Waals surface area (Å²) in [6.45, 7) is 23.8. The van der Waals surface area contributed by atoms with Crippen molar-refractivity contribution >= 4 is 5.97 Å². The fourth-order valence-electron chi connectivity index (χ4n) is 15.5. The zero-order valence-corrected chi connectivity index (χ0v) is 35.8. The van der Waals surface area contributed by atoms with Gasteiger partial charge >= 0.3 is 5.97 Å². The highest BCUT2D eigenvalue weighted by Gasteiger charge is 2.83. The number of carbonyl (C=O) groups is 1. The summed E-state index contributed by atoms with van der Waals surface area (Å²) in [7, 11) is 1.65. The molecular formula is C45H76N2O8. The molecule has 3 unspecified atom stereocenters. The van der Waals surface area contributed by atoms with Crippen LogP contribution < -0.4 is 0 Å². The molecule has 5 saturated carbocycles. The van der Waals surface area contributed by atoms with Gasteiger partial charge in [0.15, 0.2) is 12.4 Å². The quantitative estimate of drug-likeness (QED) is 0.241. The molecule has 2 N–H and O–H groups in total. The van der Waals surface area contributed by atoms with Crippen LogP contribution in [0.3, 0.4) is 0 Å². The smallest absolute Gasteiger partial charge is 0.303 e. The number of methoxy groups -OCH3 is 1. The lowest BCUT2D eigenvalue weighted by Crippen LogP contribution is -2.60. The minimum atomic E-state index is -1.24. The number of fused-ring (bicyclic) bond motifs is 2. The standard InChI is InChI=1S/C45H76N2O8/c1-28(22-33(51-9)39(41(5,6)50)54-29(2)48)32-23-36(49)43(8)35-11-10-34-40(3,4)37(12-15-44(34)27-45(35,44)17-16-42(32,43)7)55-38-24-47(20-21-53-38)30-13-18-46(19-14-30)31-25-52-26-31/h28,30-39,49-50H,10-27H2,1-9H3/t28-,32-,33?,34+,35?,36+,37+,38+,39+,42-,43-,44-,45?/m1/s1. The fourth-order valence-corrected chi connectivity index (χ4v) is 15.5. The number of carbonyl (C=O) groups excluding carboxylic acids is 1. The molecule has 55 heavy (non-hydrogen) atoms. The molecule has 3 saturated heterocycles. The van der Waals surface area contributed by atoms with Crippen LogP contribution in [0.5, 0.6) is 0 Å². The Morgan fingerprint density at radius 3 is 2.25 bits per heavy atom. The molecule has 0 radical (unpaired) electrons. The lowest BCUT2D eigenvalue weighted by atomic mass is 9.41. The van der Waals surface area contributed by atoms with Gasteiger partial charge in [-0.3, -0.25) is 14.6 Å². The van der Waals surface area contributed by atoms with Crippen LogP contribution in [0.25, 0.3) is 0 Å². The maximum absolute atomic E-state index is 12.3. The van der Waals surface area contributed by atoms with E-state index in [-0.39, 0.29) is 40.7 Å². The van der Waals surface area contributed by atoms with Crippen molar-refractivity contribution in [1.82, 2.24) is 9.80 Å². The van der Waals surface area contributed by atoms with Crippen molar-refractivity contribution in [2.75, 3.05) is 53.1 Å². The molecule has 10 heteroatoms. The molecule has 2 spiro atoms. The van der Waals surface area contributed by atoms with E-state index in [1.807, 2.05) is 0 Å². The summed E-state index contributed by atoms with van der Waals surface area (Å²) < 4.78 is 30.5. The van der Waals surface area contributed by atoms with Gasteiger partial charge in [0.05, 0.1) is 49.8 Å². The number of hydrogen-bond donors (Lipinski definition) is 2. The molecule has 0 bridgehead atoms. The molecule has 3 heterocycles. The number of aliphatic hydroxyl groups excluding tert-OH is 1. The number of hydrogen-bond acceptors (Lipinski definition) is 10. The Labute approximate surface area is 332 Å². The zero-order chi connectivity index (χ0) is 39.3. The van der Waals surface area contributed by atoms with Gasteiger partial charge in [0, 0.05) is 51.7 Å². The van der Waals surface area contributed by atoms with Crippen LogP contribution in [0.15, 0.2) is 0 Å². The molecule has 8 fully saturated rings. The molecule has 0 aromatic carbocycles. The first-order chi connectivity index (χ1) is 25.9. The average molecular weight is 773 g/mol. The molecule has 3 aliphatic heterocycles. The Bertz CT molecular complexity index is 1410. The predicted molar refractivity (Wildman–Crippen MR) is 210 cm³/mol. The molecular weight excluding hydrogens is 697 g/mol. The summed E-state index contributed by atoms with van der Waals surface area (Å²) in [6.07, 6.45) is 10.8. The monoisotopic (exact) mass is 773 g/mol. The van der Waals surface area contributed by atoms with Crippen LogP contribution in [-0.4, -0.2) is 127 Å². The van der Waals surface area contributed by atoms with Gasteiger partial charge in [-0.05, 0) is 130 Å². The second-order valence-electron chi connectivity index (χ2n) is 21.6. The Morgan fingerprint density at radius 1 is 0.927 bits per heavy atom. The lowest BCUT2D eigenvalue weighted by Gasteiger charge is -2.64. The van der Waals surface area contributed by atoms with Crippen molar-refractivity contribution in [1.29, 1.82) is 0 Å². The van der Waals surface area contributed by atoms with Gasteiger partial charge in [0.1, 0.15) is 0 Å². The number of piperidine rings is 1. The number of aliphatic hydroxyl groups is 2. The maximum atomic E-state index is 12.3. The zero-order valence-electron chi connectivity index (χ0n) is 35.8. The first kappa shape index (κ1) is 40.9. The van der Waals surface area contributed by atoms with Crippen molar-refractivity contribution in [2.24, 2.45) is 50.7 Å². The number of morpholine rings is 1. The minimum absolute atomic E-state index is 0.00934. The number of likely N-dealkylation sites (tertiary alicyclic amines) is 1. The molecule has 8 rings (SSSR count). The number of rotatable bonds is 11. The largest absolute Gasteiger partial charge is 0.457 e. The van der Waals surface area contributed by atoms with Gasteiger partial charge in [-0.25, -0.2) is 0 Å². The van der Waals surface area contributed by atoms with Crippen molar-refractivity contribution in [3.63, 3.8) is 0 Å². The predicted octanol–water partition coefficient (Wildman–Crippen LogP) is 6.05. The van der Waals surface area contributed by atoms with Crippen molar-refractivity contribution in [3.05, 3.63) is 0 Å². The Morgan fingerprint density at radius 2 is 1.62 bits per heavy atom. The molecule has 13 atom stereocenters. The van der Waals surface area contributed by atoms with Crippen molar-refractivity contribution in [2.45, 2.75) is 174 Å². The highest BCUT2D eigenvalue weighted by Crippen LogP contribution is 2.89. The summed E-state index contributed by atoms with van der Waals surface area (Å²) in [5.41, 5.74) is -0.691. The summed E-state index contributed by atoms with van der Waals surface area (Å²) in [4.78, 5) is 17.4. The van der Waals surface area contributed by atoms with Crippen LogP contribution in [0.2, 0.25) is 0 Å². The van der Waals surface area contributed by atoms with E-state index in [0.29, 0.717) is 47.1 Å². The molecule has 0 aromatic heterocycles. The SMILES string of the molecule is COC(C[C@@H](C)[C@H]1C[C@H](O)[C@@]2(C)C3CC[C@H]4C(C)(C)[C@@H](O[C@H]5CN(C6CCN(C7COC7)CC6)CCO5)CC[C@@]45CC35CC[C@]12C)[C@H](OC(C)=O)C(C)(C)O. The summed E-state index contributed by atoms with van der Waals surface area (Å²) >= 11 is 0. The third-order valence-electron chi connectivity index (χ3n) is 18.6. The van der Waals surface area contributed by atoms with Crippen molar-refractivity contribution in [3.8, 4) is 0 Å². The third-order valence-corrected chi connectivity index (χ3v) is 18.6. The van der Waals surface area contributed by atoms with Crippen LogP contribution >= 0.6 is 0 Å². The highest BCUT2D eigenvalue weighted by molar-refractivity contribution is 5.66. The molecule has 8 aliphatic rings. The van der Waals surface area contributed by atoms with E-state index in [2.05, 4.69) is 44.4 Å². The summed E-state index contributed by atoms with van der Waals surface area (Å²) in [6, 6.07) is 1.26. The van der Waals surface area contributed by atoms with E-state index in [1.165, 1.54) is 65.0 Å². The van der Waals surface area contributed by atoms with Gasteiger partial charge < -0.3 is 33.9 Å². The molecule has 0 aromatic rings. The van der Waals surface area contributed by atoms with E-state index in [1.54, 1.807) is 21.0 Å². The van der Waals surface area contributed by atoms with Gasteiger partial charge in [-0.2, -0.15) is 0 Å². The Balaban J connectivity index is 0.932. The summed E-state index contributed by atoms with van der Waals surface area (Å²) in [5, 5.41) is 23.3. The van der Waals surface area contributed by atoms with E-state index >= 15 is 0 Å². The van der Waals surface area contributed by atoms with Crippen LogP contribution in [0.1, 0.15) is 126 Å². The second kappa shape index (κ2) is 14.4. The average Bonchev–Trinajstić information content (AvgIpc) is 3.73. The van der Waals surface area contributed by atoms with E-state index in [4.69, 9.17) is 23.7 Å². The van der Waals surface area contributed by atoms with Gasteiger partial charge in [-0.1, -0.05) is 34.6 Å². The molecule has 10 nitrogen and oxygen atoms in total. The van der Waals surface area contributed by atoms with Gasteiger partial charge in [0.2, 0.25) is 0 Å². The highest BCUT2D eigenvalue weighted by atomic mass is 16.7. The van der Waals surface area contributed by atoms with E-state index < -0.39 is 23.8 Å². The van der Waals surface area contributed by atoms with Crippen LogP contribution in [0.4, 0.5) is 0 Å². The first-order valence-corrected chi connectivity index (χ1v) is 22.3.